The average molecular weight is 455 g/mol. The van der Waals surface area contributed by atoms with E-state index in [1.54, 1.807) is 39.8 Å². The Labute approximate surface area is 188 Å². The van der Waals surface area contributed by atoms with E-state index in [9.17, 15) is 14.4 Å². The number of esters is 1. The summed E-state index contributed by atoms with van der Waals surface area (Å²) in [5, 5.41) is 5.29. The number of hydrogen-bond donors (Lipinski definition) is 2. The van der Waals surface area contributed by atoms with E-state index in [1.165, 1.54) is 28.4 Å². The summed E-state index contributed by atoms with van der Waals surface area (Å²) in [4.78, 5) is 36.9. The van der Waals surface area contributed by atoms with Crippen LogP contribution in [0.15, 0.2) is 12.1 Å². The van der Waals surface area contributed by atoms with E-state index < -0.39 is 35.5 Å². The van der Waals surface area contributed by atoms with Gasteiger partial charge in [0, 0.05) is 6.54 Å². The fraction of sp³-hybridized carbons (Fsp3) is 0.591. The van der Waals surface area contributed by atoms with Crippen molar-refractivity contribution in [3.05, 3.63) is 17.7 Å². The molecule has 0 aliphatic rings. The van der Waals surface area contributed by atoms with E-state index in [-0.39, 0.29) is 13.0 Å². The van der Waals surface area contributed by atoms with Crippen molar-refractivity contribution >= 4 is 18.0 Å². The van der Waals surface area contributed by atoms with Crippen LogP contribution in [-0.4, -0.2) is 58.1 Å². The second kappa shape index (κ2) is 12.0. The maximum atomic E-state index is 12.9. The fourth-order valence-corrected chi connectivity index (χ4v) is 2.88. The molecule has 32 heavy (non-hydrogen) atoms. The molecule has 1 rings (SSSR count). The maximum Gasteiger partial charge on any atom is 0.408 e. The highest BCUT2D eigenvalue weighted by atomic mass is 16.6. The lowest BCUT2D eigenvalue weighted by Gasteiger charge is -2.24. The number of hydrogen-bond acceptors (Lipinski definition) is 8. The molecule has 0 fully saturated rings. The third kappa shape index (κ3) is 8.16. The minimum Gasteiger partial charge on any atom is -0.493 e. The number of rotatable bonds is 10. The zero-order valence-corrected chi connectivity index (χ0v) is 20.0. The Hall–Kier alpha value is -3.17. The molecule has 2 N–H and O–H groups in total. The van der Waals surface area contributed by atoms with Gasteiger partial charge in [0.15, 0.2) is 11.5 Å². The zero-order chi connectivity index (χ0) is 24.5. The lowest BCUT2D eigenvalue weighted by Crippen LogP contribution is -2.49. The minimum absolute atomic E-state index is 0.0347. The molecule has 0 aliphatic carbocycles. The first-order valence-corrected chi connectivity index (χ1v) is 10.1. The Morgan fingerprint density at radius 3 is 1.97 bits per heavy atom. The van der Waals surface area contributed by atoms with E-state index in [0.717, 1.165) is 0 Å². The molecule has 10 nitrogen and oxygen atoms in total. The van der Waals surface area contributed by atoms with Gasteiger partial charge in [-0.05, 0) is 44.9 Å². The smallest absolute Gasteiger partial charge is 0.408 e. The predicted octanol–water partition coefficient (Wildman–Crippen LogP) is 2.42. The first kappa shape index (κ1) is 26.9. The van der Waals surface area contributed by atoms with Crippen LogP contribution in [0.4, 0.5) is 4.79 Å². The predicted molar refractivity (Wildman–Crippen MR) is 117 cm³/mol. The molecule has 180 valence electrons. The van der Waals surface area contributed by atoms with Gasteiger partial charge in [-0.25, -0.2) is 4.79 Å². The molecule has 2 amide bonds. The highest BCUT2D eigenvalue weighted by Gasteiger charge is 2.28. The van der Waals surface area contributed by atoms with Gasteiger partial charge >= 0.3 is 12.1 Å². The summed E-state index contributed by atoms with van der Waals surface area (Å²) in [6.45, 7) is 6.87. The average Bonchev–Trinajstić information content (AvgIpc) is 2.73. The van der Waals surface area contributed by atoms with Gasteiger partial charge in [-0.1, -0.05) is 6.92 Å². The van der Waals surface area contributed by atoms with Crippen LogP contribution >= 0.6 is 0 Å². The molecule has 0 aliphatic heterocycles. The Morgan fingerprint density at radius 2 is 1.53 bits per heavy atom. The summed E-state index contributed by atoms with van der Waals surface area (Å²) in [7, 11) is 5.75. The van der Waals surface area contributed by atoms with Crippen molar-refractivity contribution in [3.8, 4) is 17.2 Å². The molecule has 0 spiro atoms. The van der Waals surface area contributed by atoms with Crippen molar-refractivity contribution in [1.82, 2.24) is 10.6 Å². The third-order valence-electron chi connectivity index (χ3n) is 4.39. The van der Waals surface area contributed by atoms with Crippen LogP contribution in [0.5, 0.6) is 17.2 Å². The molecule has 10 heteroatoms. The molecule has 0 heterocycles. The standard InChI is InChI=1S/C22H34N2O8/c1-13(20(26)31-8)9-15(24-21(27)32-22(2,3)4)19(25)23-12-14-10-16(28-5)18(30-7)17(11-14)29-6/h10-11,13,15H,9,12H2,1-8H3,(H,23,25)(H,24,27)/t13-,15-/m0/s1. The summed E-state index contributed by atoms with van der Waals surface area (Å²) >= 11 is 0. The van der Waals surface area contributed by atoms with Crippen LogP contribution in [-0.2, 0) is 25.6 Å². The van der Waals surface area contributed by atoms with E-state index in [1.807, 2.05) is 0 Å². The third-order valence-corrected chi connectivity index (χ3v) is 4.39. The second-order valence-corrected chi connectivity index (χ2v) is 8.11. The first-order chi connectivity index (χ1) is 14.9. The maximum absolute atomic E-state index is 12.9. The molecule has 0 aromatic heterocycles. The largest absolute Gasteiger partial charge is 0.493 e. The molecular formula is C22H34N2O8. The van der Waals surface area contributed by atoms with Crippen molar-refractivity contribution in [2.45, 2.75) is 52.3 Å². The number of amides is 2. The molecule has 1 aromatic rings. The van der Waals surface area contributed by atoms with Crippen molar-refractivity contribution in [2.24, 2.45) is 5.92 Å². The van der Waals surface area contributed by atoms with Crippen molar-refractivity contribution in [2.75, 3.05) is 28.4 Å². The Balaban J connectivity index is 2.99. The number of carbonyl (C=O) groups is 3. The number of benzene rings is 1. The van der Waals surface area contributed by atoms with E-state index in [0.29, 0.717) is 22.8 Å². The van der Waals surface area contributed by atoms with Crippen LogP contribution < -0.4 is 24.8 Å². The van der Waals surface area contributed by atoms with Crippen molar-refractivity contribution in [3.63, 3.8) is 0 Å². The van der Waals surface area contributed by atoms with Gasteiger partial charge in [0.05, 0.1) is 34.4 Å². The van der Waals surface area contributed by atoms with E-state index >= 15 is 0 Å². The number of nitrogens with one attached hydrogen (secondary N) is 2. The monoisotopic (exact) mass is 454 g/mol. The zero-order valence-electron chi connectivity index (χ0n) is 20.0. The topological polar surface area (TPSA) is 121 Å². The van der Waals surface area contributed by atoms with Crippen molar-refractivity contribution < 1.29 is 38.1 Å². The first-order valence-electron chi connectivity index (χ1n) is 10.1. The Bertz CT molecular complexity index is 779. The van der Waals surface area contributed by atoms with Crippen LogP contribution in [0.3, 0.4) is 0 Å². The molecule has 0 bridgehead atoms. The van der Waals surface area contributed by atoms with E-state index in [4.69, 9.17) is 23.7 Å². The van der Waals surface area contributed by atoms with Gasteiger partial charge in [0.1, 0.15) is 11.6 Å². The van der Waals surface area contributed by atoms with Gasteiger partial charge in [-0.2, -0.15) is 0 Å². The highest BCUT2D eigenvalue weighted by molar-refractivity contribution is 5.86. The van der Waals surface area contributed by atoms with Crippen LogP contribution in [0.1, 0.15) is 39.7 Å². The fourth-order valence-electron chi connectivity index (χ4n) is 2.88. The second-order valence-electron chi connectivity index (χ2n) is 8.11. The highest BCUT2D eigenvalue weighted by Crippen LogP contribution is 2.38. The molecule has 0 saturated heterocycles. The summed E-state index contributed by atoms with van der Waals surface area (Å²) < 4.78 is 25.9. The molecule has 0 saturated carbocycles. The molecular weight excluding hydrogens is 420 g/mol. The summed E-state index contributed by atoms with van der Waals surface area (Å²) in [5.74, 6) is -0.273. The number of ether oxygens (including phenoxy) is 5. The quantitative estimate of drug-likeness (QED) is 0.517. The van der Waals surface area contributed by atoms with Gasteiger partial charge in [0.25, 0.3) is 0 Å². The molecule has 1 aromatic carbocycles. The van der Waals surface area contributed by atoms with Gasteiger partial charge in [0.2, 0.25) is 11.7 Å². The van der Waals surface area contributed by atoms with Crippen LogP contribution in [0.25, 0.3) is 0 Å². The van der Waals surface area contributed by atoms with Gasteiger partial charge in [-0.3, -0.25) is 9.59 Å². The van der Waals surface area contributed by atoms with E-state index in [2.05, 4.69) is 10.6 Å². The lowest BCUT2D eigenvalue weighted by molar-refractivity contribution is -0.145. The lowest BCUT2D eigenvalue weighted by atomic mass is 10.0. The number of methoxy groups -OCH3 is 4. The molecule has 0 radical (unpaired) electrons. The minimum atomic E-state index is -1.01. The van der Waals surface area contributed by atoms with Crippen LogP contribution in [0, 0.1) is 5.92 Å². The molecule has 2 atom stereocenters. The Morgan fingerprint density at radius 1 is 0.969 bits per heavy atom. The summed E-state index contributed by atoms with van der Waals surface area (Å²) in [6, 6.07) is 2.39. The Kier molecular flexibility index (Phi) is 10.1. The number of alkyl carbamates (subject to hydrolysis) is 1. The normalized spacial score (nSPS) is 12.8. The van der Waals surface area contributed by atoms with Crippen LogP contribution in [0.2, 0.25) is 0 Å². The summed E-state index contributed by atoms with van der Waals surface area (Å²) in [6.07, 6.45) is -0.727. The summed E-state index contributed by atoms with van der Waals surface area (Å²) in [5.41, 5.74) is -0.0557. The van der Waals surface area contributed by atoms with Gasteiger partial charge < -0.3 is 34.3 Å². The number of carbonyl (C=O) groups excluding carboxylic acids is 3. The SMILES string of the molecule is COC(=O)[C@@H](C)C[C@H](NC(=O)OC(C)(C)C)C(=O)NCc1cc(OC)c(OC)c(OC)c1. The van der Waals surface area contributed by atoms with Gasteiger partial charge in [-0.15, -0.1) is 0 Å². The molecule has 0 unspecified atom stereocenters. The van der Waals surface area contributed by atoms with Crippen molar-refractivity contribution in [1.29, 1.82) is 0 Å².